The van der Waals surface area contributed by atoms with E-state index in [4.69, 9.17) is 28.9 Å². The van der Waals surface area contributed by atoms with E-state index >= 15 is 0 Å². The predicted molar refractivity (Wildman–Crippen MR) is 90.3 cm³/mol. The minimum Gasteiger partial charge on any atom is -0.324 e. The van der Waals surface area contributed by atoms with E-state index in [0.717, 1.165) is 25.5 Å². The average molecular weight is 404 g/mol. The van der Waals surface area contributed by atoms with Crippen LogP contribution in [0.4, 0.5) is 5.69 Å². The molecule has 3 nitrogen and oxygen atoms in total. The molecule has 1 heterocycles. The standard InChI is InChI=1S/C14H9BrCl2N2OS/c15-8-4-7-10(19-14(20)13(7)18)5-11(8)21-12-3-6(16)1-2-9(12)17/h1-5,13H,18H2,(H,19,20). The molecule has 3 rings (SSSR count). The lowest BCUT2D eigenvalue weighted by atomic mass is 10.1. The fraction of sp³-hybridized carbons (Fsp3) is 0.0714. The maximum atomic E-state index is 11.6. The Balaban J connectivity index is 1.99. The van der Waals surface area contributed by atoms with Crippen molar-refractivity contribution in [2.75, 3.05) is 5.32 Å². The van der Waals surface area contributed by atoms with Crippen molar-refractivity contribution in [1.82, 2.24) is 0 Å². The van der Waals surface area contributed by atoms with E-state index in [1.54, 1.807) is 18.2 Å². The van der Waals surface area contributed by atoms with Crippen molar-refractivity contribution >= 4 is 62.5 Å². The highest BCUT2D eigenvalue weighted by molar-refractivity contribution is 9.10. The van der Waals surface area contributed by atoms with Crippen LogP contribution in [0, 0.1) is 0 Å². The zero-order valence-electron chi connectivity index (χ0n) is 10.5. The first kappa shape index (κ1) is 15.2. The van der Waals surface area contributed by atoms with E-state index in [9.17, 15) is 4.79 Å². The summed E-state index contributed by atoms with van der Waals surface area (Å²) in [7, 11) is 0. The molecular formula is C14H9BrCl2N2OS. The summed E-state index contributed by atoms with van der Waals surface area (Å²) in [6, 6.07) is 8.42. The lowest BCUT2D eigenvalue weighted by molar-refractivity contribution is -0.116. The monoisotopic (exact) mass is 402 g/mol. The van der Waals surface area contributed by atoms with E-state index in [2.05, 4.69) is 21.2 Å². The molecule has 21 heavy (non-hydrogen) atoms. The Bertz CT molecular complexity index is 754. The van der Waals surface area contributed by atoms with Crippen molar-refractivity contribution < 1.29 is 4.79 Å². The first-order chi connectivity index (χ1) is 9.95. The van der Waals surface area contributed by atoms with Crippen molar-refractivity contribution in [3.8, 4) is 0 Å². The fourth-order valence-corrected chi connectivity index (χ4v) is 4.03. The number of anilines is 1. The normalized spacial score (nSPS) is 16.8. The van der Waals surface area contributed by atoms with Gasteiger partial charge in [-0.15, -0.1) is 0 Å². The van der Waals surface area contributed by atoms with Gasteiger partial charge in [-0.2, -0.15) is 0 Å². The van der Waals surface area contributed by atoms with Gasteiger partial charge in [0, 0.05) is 30.5 Å². The number of rotatable bonds is 2. The van der Waals surface area contributed by atoms with Crippen LogP contribution in [0.15, 0.2) is 44.6 Å². The van der Waals surface area contributed by atoms with Gasteiger partial charge >= 0.3 is 0 Å². The number of nitrogens with two attached hydrogens (primary N) is 1. The molecule has 0 aromatic heterocycles. The maximum Gasteiger partial charge on any atom is 0.245 e. The highest BCUT2D eigenvalue weighted by Gasteiger charge is 2.28. The first-order valence-corrected chi connectivity index (χ1v) is 8.35. The van der Waals surface area contributed by atoms with E-state index in [1.165, 1.54) is 11.8 Å². The molecule has 1 atom stereocenters. The van der Waals surface area contributed by atoms with Gasteiger partial charge in [0.2, 0.25) is 5.91 Å². The number of hydrogen-bond acceptors (Lipinski definition) is 3. The minimum absolute atomic E-state index is 0.195. The molecule has 3 N–H and O–H groups in total. The number of halogens is 3. The van der Waals surface area contributed by atoms with Crippen LogP contribution in [-0.4, -0.2) is 5.91 Å². The van der Waals surface area contributed by atoms with Crippen LogP contribution in [0.25, 0.3) is 0 Å². The fourth-order valence-electron chi connectivity index (χ4n) is 2.04. The Morgan fingerprint density at radius 3 is 2.71 bits per heavy atom. The van der Waals surface area contributed by atoms with Gasteiger partial charge in [0.25, 0.3) is 0 Å². The van der Waals surface area contributed by atoms with Crippen molar-refractivity contribution in [3.63, 3.8) is 0 Å². The Morgan fingerprint density at radius 1 is 1.19 bits per heavy atom. The van der Waals surface area contributed by atoms with E-state index in [1.807, 2.05) is 12.1 Å². The number of hydrogen-bond donors (Lipinski definition) is 2. The number of benzene rings is 2. The Morgan fingerprint density at radius 2 is 1.95 bits per heavy atom. The lowest BCUT2D eigenvalue weighted by Crippen LogP contribution is -2.19. The summed E-state index contributed by atoms with van der Waals surface area (Å²) >= 11 is 17.1. The molecule has 1 unspecified atom stereocenters. The molecule has 0 fully saturated rings. The van der Waals surface area contributed by atoms with Gasteiger partial charge in [0.15, 0.2) is 0 Å². The number of amides is 1. The van der Waals surface area contributed by atoms with Crippen molar-refractivity contribution in [3.05, 3.63) is 50.4 Å². The maximum absolute atomic E-state index is 11.6. The Labute approximate surface area is 144 Å². The molecule has 0 spiro atoms. The van der Waals surface area contributed by atoms with Gasteiger partial charge in [-0.25, -0.2) is 0 Å². The van der Waals surface area contributed by atoms with Crippen molar-refractivity contribution in [1.29, 1.82) is 0 Å². The molecule has 2 aromatic carbocycles. The molecule has 1 amide bonds. The number of carbonyl (C=O) groups is 1. The number of fused-ring (bicyclic) bond motifs is 1. The van der Waals surface area contributed by atoms with Gasteiger partial charge in [-0.05, 0) is 46.3 Å². The molecule has 0 radical (unpaired) electrons. The molecule has 0 saturated heterocycles. The molecule has 1 aliphatic heterocycles. The summed E-state index contributed by atoms with van der Waals surface area (Å²) in [5.41, 5.74) is 7.35. The third kappa shape index (κ3) is 2.94. The summed E-state index contributed by atoms with van der Waals surface area (Å²) in [6.07, 6.45) is 0. The summed E-state index contributed by atoms with van der Waals surface area (Å²) in [5.74, 6) is -0.195. The molecule has 108 valence electrons. The van der Waals surface area contributed by atoms with Crippen LogP contribution in [0.5, 0.6) is 0 Å². The Hall–Kier alpha value is -0.720. The van der Waals surface area contributed by atoms with E-state index in [-0.39, 0.29) is 5.91 Å². The van der Waals surface area contributed by atoms with Gasteiger partial charge in [-0.1, -0.05) is 35.0 Å². The minimum atomic E-state index is -0.620. The van der Waals surface area contributed by atoms with Crippen LogP contribution in [0.2, 0.25) is 10.0 Å². The number of carbonyl (C=O) groups excluding carboxylic acids is 1. The molecule has 0 saturated carbocycles. The van der Waals surface area contributed by atoms with Gasteiger partial charge in [0.1, 0.15) is 6.04 Å². The molecule has 1 aliphatic rings. The topological polar surface area (TPSA) is 55.1 Å². The van der Waals surface area contributed by atoms with Gasteiger partial charge < -0.3 is 11.1 Å². The lowest BCUT2D eigenvalue weighted by Gasteiger charge is -2.10. The zero-order chi connectivity index (χ0) is 15.1. The molecule has 0 bridgehead atoms. The average Bonchev–Trinajstić information content (AvgIpc) is 2.70. The molecule has 0 aliphatic carbocycles. The van der Waals surface area contributed by atoms with Crippen LogP contribution in [-0.2, 0) is 4.79 Å². The third-order valence-electron chi connectivity index (χ3n) is 3.09. The van der Waals surface area contributed by atoms with Gasteiger partial charge in [-0.3, -0.25) is 4.79 Å². The first-order valence-electron chi connectivity index (χ1n) is 5.98. The predicted octanol–water partition coefficient (Wildman–Crippen LogP) is 4.86. The SMILES string of the molecule is NC1C(=O)Nc2cc(Sc3cc(Cl)ccc3Cl)c(Br)cc21. The largest absolute Gasteiger partial charge is 0.324 e. The van der Waals surface area contributed by atoms with Crippen molar-refractivity contribution in [2.24, 2.45) is 5.73 Å². The quantitative estimate of drug-likeness (QED) is 0.752. The van der Waals surface area contributed by atoms with E-state index < -0.39 is 6.04 Å². The van der Waals surface area contributed by atoms with Crippen LogP contribution in [0.1, 0.15) is 11.6 Å². The summed E-state index contributed by atoms with van der Waals surface area (Å²) in [6.45, 7) is 0. The molecule has 2 aromatic rings. The van der Waals surface area contributed by atoms with Crippen LogP contribution >= 0.6 is 50.9 Å². The third-order valence-corrected chi connectivity index (χ3v) is 5.80. The second-order valence-corrected chi connectivity index (χ2v) is 7.30. The highest BCUT2D eigenvalue weighted by atomic mass is 79.9. The highest BCUT2D eigenvalue weighted by Crippen LogP contribution is 2.42. The zero-order valence-corrected chi connectivity index (χ0v) is 14.4. The van der Waals surface area contributed by atoms with Crippen LogP contribution in [0.3, 0.4) is 0 Å². The Kier molecular flexibility index (Phi) is 4.21. The smallest absolute Gasteiger partial charge is 0.245 e. The van der Waals surface area contributed by atoms with E-state index in [0.29, 0.717) is 10.0 Å². The van der Waals surface area contributed by atoms with Gasteiger partial charge in [0.05, 0.1) is 5.02 Å². The summed E-state index contributed by atoms with van der Waals surface area (Å²) in [5, 5.41) is 4.01. The summed E-state index contributed by atoms with van der Waals surface area (Å²) in [4.78, 5) is 13.4. The number of nitrogens with one attached hydrogen (secondary N) is 1. The second-order valence-electron chi connectivity index (χ2n) is 4.51. The van der Waals surface area contributed by atoms with Crippen LogP contribution < -0.4 is 11.1 Å². The van der Waals surface area contributed by atoms with Crippen molar-refractivity contribution in [2.45, 2.75) is 15.8 Å². The summed E-state index contributed by atoms with van der Waals surface area (Å²) < 4.78 is 0.856. The molecular weight excluding hydrogens is 395 g/mol. The second kappa shape index (κ2) is 5.82. The molecule has 7 heteroatoms.